The van der Waals surface area contributed by atoms with Crippen molar-refractivity contribution in [3.05, 3.63) is 65.1 Å². The van der Waals surface area contributed by atoms with Crippen molar-refractivity contribution in [1.82, 2.24) is 14.8 Å². The Balaban J connectivity index is 1.56. The van der Waals surface area contributed by atoms with E-state index in [9.17, 15) is 31.9 Å². The van der Waals surface area contributed by atoms with Crippen LogP contribution in [-0.2, 0) is 11.3 Å². The Morgan fingerprint density at radius 3 is 2.53 bits per heavy atom. The molecule has 1 aliphatic heterocycles. The number of aromatic nitrogens is 1. The van der Waals surface area contributed by atoms with E-state index in [-0.39, 0.29) is 22.8 Å². The van der Waals surface area contributed by atoms with Gasteiger partial charge >= 0.3 is 18.2 Å². The molecule has 13 heteroatoms. The third-order valence-electron chi connectivity index (χ3n) is 6.00. The summed E-state index contributed by atoms with van der Waals surface area (Å²) in [6, 6.07) is 7.34. The van der Waals surface area contributed by atoms with Crippen LogP contribution in [-0.4, -0.2) is 46.2 Å². The van der Waals surface area contributed by atoms with Crippen molar-refractivity contribution in [3.63, 3.8) is 0 Å². The number of urea groups is 1. The summed E-state index contributed by atoms with van der Waals surface area (Å²) in [5.41, 5.74) is 5.91. The molecule has 1 saturated heterocycles. The molecule has 1 aliphatic rings. The number of amides is 4. The number of benzene rings is 2. The molecule has 2 atom stereocenters. The topological polar surface area (TPSA) is 109 Å². The maximum Gasteiger partial charge on any atom is 0.393 e. The molecule has 0 spiro atoms. The normalized spacial score (nSPS) is 17.9. The Kier molecular flexibility index (Phi) is 6.81. The molecule has 4 rings (SSSR count). The standard InChI is InChI=1S/C23H20ClF4N5O3/c24-15-6-3-4-12(19(15)25)9-30-20(34)18-8-13(23(26,27)28)10-33(18)22(36)31-16-11-32(21(29)35)17-7-2-1-5-14(16)17/h1-7,11,13,18H,8-10H2,(H2,29,35)(H,30,34)(H,31,36)/t13-,18-/m0/s1. The molecule has 0 aliphatic carbocycles. The number of nitrogens with two attached hydrogens (primary N) is 1. The summed E-state index contributed by atoms with van der Waals surface area (Å²) < 4.78 is 55.7. The number of hydrogen-bond acceptors (Lipinski definition) is 3. The molecule has 3 aromatic rings. The van der Waals surface area contributed by atoms with Crippen LogP contribution in [0.3, 0.4) is 0 Å². The molecule has 1 aromatic heterocycles. The Bertz CT molecular complexity index is 1340. The van der Waals surface area contributed by atoms with Crippen LogP contribution in [0.2, 0.25) is 5.02 Å². The fourth-order valence-corrected chi connectivity index (χ4v) is 4.37. The molecule has 0 radical (unpaired) electrons. The summed E-state index contributed by atoms with van der Waals surface area (Å²) >= 11 is 5.73. The molecule has 2 aromatic carbocycles. The highest BCUT2D eigenvalue weighted by atomic mass is 35.5. The fraction of sp³-hybridized carbons (Fsp3) is 0.261. The minimum atomic E-state index is -4.64. The van der Waals surface area contributed by atoms with Crippen molar-refractivity contribution in [1.29, 1.82) is 0 Å². The average Bonchev–Trinajstić information content (AvgIpc) is 3.43. The molecular weight excluding hydrogens is 506 g/mol. The van der Waals surface area contributed by atoms with Gasteiger partial charge in [-0.3, -0.25) is 9.36 Å². The summed E-state index contributed by atoms with van der Waals surface area (Å²) in [7, 11) is 0. The van der Waals surface area contributed by atoms with E-state index in [4.69, 9.17) is 17.3 Å². The molecule has 1 fully saturated rings. The van der Waals surface area contributed by atoms with Crippen LogP contribution < -0.4 is 16.4 Å². The zero-order valence-corrected chi connectivity index (χ0v) is 19.2. The smallest absolute Gasteiger partial charge is 0.351 e. The molecule has 8 nitrogen and oxygen atoms in total. The molecule has 2 heterocycles. The molecule has 0 unspecified atom stereocenters. The highest BCUT2D eigenvalue weighted by Gasteiger charge is 2.51. The molecule has 190 valence electrons. The van der Waals surface area contributed by atoms with Crippen molar-refractivity contribution >= 4 is 46.2 Å². The SMILES string of the molecule is NC(=O)n1cc(NC(=O)N2C[C@@H](C(F)(F)F)C[C@H]2C(=O)NCc2cccc(Cl)c2F)c2ccccc21. The maximum absolute atomic E-state index is 14.1. The lowest BCUT2D eigenvalue weighted by Crippen LogP contribution is -2.47. The van der Waals surface area contributed by atoms with E-state index in [2.05, 4.69) is 10.6 Å². The van der Waals surface area contributed by atoms with Gasteiger partial charge in [0.1, 0.15) is 11.9 Å². The van der Waals surface area contributed by atoms with Gasteiger partial charge in [0.05, 0.1) is 22.1 Å². The number of carbonyl (C=O) groups excluding carboxylic acids is 3. The lowest BCUT2D eigenvalue weighted by Gasteiger charge is -2.24. The first kappa shape index (κ1) is 25.3. The summed E-state index contributed by atoms with van der Waals surface area (Å²) in [6.07, 6.45) is -4.06. The third kappa shape index (κ3) is 4.94. The van der Waals surface area contributed by atoms with Gasteiger partial charge in [0.2, 0.25) is 5.91 Å². The van der Waals surface area contributed by atoms with Crippen molar-refractivity contribution < 1.29 is 31.9 Å². The van der Waals surface area contributed by atoms with Gasteiger partial charge in [-0.25, -0.2) is 14.0 Å². The van der Waals surface area contributed by atoms with Gasteiger partial charge in [-0.15, -0.1) is 0 Å². The molecule has 4 N–H and O–H groups in total. The monoisotopic (exact) mass is 525 g/mol. The van der Waals surface area contributed by atoms with Gasteiger partial charge < -0.3 is 21.3 Å². The second-order valence-electron chi connectivity index (χ2n) is 8.27. The van der Waals surface area contributed by atoms with E-state index in [0.717, 1.165) is 9.47 Å². The number of carbonyl (C=O) groups is 3. The summed E-state index contributed by atoms with van der Waals surface area (Å²) in [6.45, 7) is -1.09. The number of nitrogens with one attached hydrogen (secondary N) is 2. The zero-order chi connectivity index (χ0) is 26.2. The Hall–Kier alpha value is -3.80. The first-order chi connectivity index (χ1) is 17.0. The minimum absolute atomic E-state index is 0.0384. The van der Waals surface area contributed by atoms with E-state index in [1.165, 1.54) is 24.4 Å². The summed E-state index contributed by atoms with van der Waals surface area (Å²) in [5, 5.41) is 5.12. The lowest BCUT2D eigenvalue weighted by atomic mass is 10.0. The van der Waals surface area contributed by atoms with Crippen molar-refractivity contribution in [3.8, 4) is 0 Å². The molecule has 0 saturated carbocycles. The third-order valence-corrected chi connectivity index (χ3v) is 6.30. The largest absolute Gasteiger partial charge is 0.393 e. The van der Waals surface area contributed by atoms with Crippen molar-refractivity contribution in [2.75, 3.05) is 11.9 Å². The van der Waals surface area contributed by atoms with Gasteiger partial charge in [0.25, 0.3) is 0 Å². The van der Waals surface area contributed by atoms with Gasteiger partial charge in [-0.05, 0) is 18.6 Å². The van der Waals surface area contributed by atoms with Crippen LogP contribution in [0, 0.1) is 11.7 Å². The average molecular weight is 526 g/mol. The predicted octanol–water partition coefficient (Wildman–Crippen LogP) is 4.46. The van der Waals surface area contributed by atoms with Crippen LogP contribution in [0.1, 0.15) is 12.0 Å². The van der Waals surface area contributed by atoms with Gasteiger partial charge in [-0.1, -0.05) is 41.9 Å². The van der Waals surface area contributed by atoms with Gasteiger partial charge in [-0.2, -0.15) is 13.2 Å². The van der Waals surface area contributed by atoms with Crippen LogP contribution in [0.15, 0.2) is 48.7 Å². The second-order valence-corrected chi connectivity index (χ2v) is 8.68. The highest BCUT2D eigenvalue weighted by Crippen LogP contribution is 2.37. The predicted molar refractivity (Wildman–Crippen MR) is 124 cm³/mol. The molecular formula is C23H20ClF4N5O3. The van der Waals surface area contributed by atoms with Crippen LogP contribution in [0.4, 0.5) is 32.8 Å². The number of halogens is 5. The van der Waals surface area contributed by atoms with E-state index in [0.29, 0.717) is 10.9 Å². The Labute approximate surface area is 207 Å². The Morgan fingerprint density at radius 1 is 1.11 bits per heavy atom. The van der Waals surface area contributed by atoms with Crippen LogP contribution >= 0.6 is 11.6 Å². The number of hydrogen-bond donors (Lipinski definition) is 3. The van der Waals surface area contributed by atoms with Crippen molar-refractivity contribution in [2.45, 2.75) is 25.2 Å². The number of likely N-dealkylation sites (tertiary alicyclic amines) is 1. The first-order valence-electron chi connectivity index (χ1n) is 10.7. The van der Waals surface area contributed by atoms with Crippen LogP contribution in [0.25, 0.3) is 10.9 Å². The number of para-hydroxylation sites is 1. The number of alkyl halides is 3. The quantitative estimate of drug-likeness (QED) is 0.437. The molecule has 4 amide bonds. The van der Waals surface area contributed by atoms with Crippen LogP contribution in [0.5, 0.6) is 0 Å². The number of nitrogens with zero attached hydrogens (tertiary/aromatic N) is 2. The molecule has 36 heavy (non-hydrogen) atoms. The number of primary amides is 1. The fourth-order valence-electron chi connectivity index (χ4n) is 4.18. The zero-order valence-electron chi connectivity index (χ0n) is 18.5. The maximum atomic E-state index is 14.1. The number of fused-ring (bicyclic) bond motifs is 1. The van der Waals surface area contributed by atoms with E-state index < -0.39 is 54.9 Å². The minimum Gasteiger partial charge on any atom is -0.351 e. The van der Waals surface area contributed by atoms with Gasteiger partial charge in [0.15, 0.2) is 0 Å². The van der Waals surface area contributed by atoms with Gasteiger partial charge in [0, 0.05) is 30.2 Å². The summed E-state index contributed by atoms with van der Waals surface area (Å²) in [5.74, 6) is -3.58. The number of anilines is 1. The van der Waals surface area contributed by atoms with Crippen molar-refractivity contribution in [2.24, 2.45) is 11.7 Å². The van der Waals surface area contributed by atoms with E-state index in [1.807, 2.05) is 0 Å². The lowest BCUT2D eigenvalue weighted by molar-refractivity contribution is -0.170. The Morgan fingerprint density at radius 2 is 1.83 bits per heavy atom. The summed E-state index contributed by atoms with van der Waals surface area (Å²) in [4.78, 5) is 38.4. The highest BCUT2D eigenvalue weighted by molar-refractivity contribution is 6.30. The first-order valence-corrected chi connectivity index (χ1v) is 11.1. The van der Waals surface area contributed by atoms with E-state index >= 15 is 0 Å². The van der Waals surface area contributed by atoms with E-state index in [1.54, 1.807) is 24.3 Å². The molecule has 0 bridgehead atoms. The second kappa shape index (κ2) is 9.69. The number of rotatable bonds is 4.